The smallest absolute Gasteiger partial charge is 0.166 e. The zero-order valence-corrected chi connectivity index (χ0v) is 11.4. The maximum Gasteiger partial charge on any atom is 0.166 e. The van der Waals surface area contributed by atoms with E-state index < -0.39 is 0 Å². The van der Waals surface area contributed by atoms with Gasteiger partial charge in [0, 0.05) is 32.9 Å². The minimum atomic E-state index is 0.237. The van der Waals surface area contributed by atoms with Gasteiger partial charge in [-0.05, 0) is 32.0 Å². The number of hydrogen-bond acceptors (Lipinski definition) is 3. The summed E-state index contributed by atoms with van der Waals surface area (Å²) in [6, 6.07) is 0.237. The van der Waals surface area contributed by atoms with E-state index >= 15 is 0 Å². The maximum atomic E-state index is 5.36. The van der Waals surface area contributed by atoms with Crippen LogP contribution >= 0.6 is 12.2 Å². The number of ether oxygens (including phenoxy) is 2. The molecule has 0 saturated carbocycles. The Balaban J connectivity index is 3.30. The van der Waals surface area contributed by atoms with Crippen LogP contribution in [0.3, 0.4) is 0 Å². The summed E-state index contributed by atoms with van der Waals surface area (Å²) in [5.41, 5.74) is 0. The van der Waals surface area contributed by atoms with Crippen LogP contribution in [0.1, 0.15) is 26.7 Å². The van der Waals surface area contributed by atoms with Crippen molar-refractivity contribution in [2.24, 2.45) is 0 Å². The van der Waals surface area contributed by atoms with Gasteiger partial charge < -0.3 is 20.1 Å². The summed E-state index contributed by atoms with van der Waals surface area (Å²) in [5.74, 6) is 0. The van der Waals surface area contributed by atoms with Crippen LogP contribution < -0.4 is 10.6 Å². The first-order valence-electron chi connectivity index (χ1n) is 5.81. The van der Waals surface area contributed by atoms with Crippen molar-refractivity contribution in [3.05, 3.63) is 0 Å². The number of hydrogen-bond donors (Lipinski definition) is 2. The zero-order valence-electron chi connectivity index (χ0n) is 10.5. The van der Waals surface area contributed by atoms with Crippen molar-refractivity contribution in [2.75, 3.05) is 33.5 Å². The second-order valence-electron chi connectivity index (χ2n) is 3.72. The first-order chi connectivity index (χ1) is 7.70. The Morgan fingerprint density at radius 1 is 1.38 bits per heavy atom. The lowest BCUT2D eigenvalue weighted by atomic mass is 10.4. The van der Waals surface area contributed by atoms with Gasteiger partial charge in [-0.3, -0.25) is 0 Å². The highest BCUT2D eigenvalue weighted by molar-refractivity contribution is 7.80. The lowest BCUT2D eigenvalue weighted by Crippen LogP contribution is -2.42. The van der Waals surface area contributed by atoms with Gasteiger partial charge in [0.05, 0.1) is 6.61 Å². The van der Waals surface area contributed by atoms with Crippen molar-refractivity contribution in [1.82, 2.24) is 10.6 Å². The highest BCUT2D eigenvalue weighted by Crippen LogP contribution is 1.85. The van der Waals surface area contributed by atoms with E-state index in [4.69, 9.17) is 21.7 Å². The molecule has 0 aliphatic rings. The van der Waals surface area contributed by atoms with E-state index in [2.05, 4.69) is 17.6 Å². The molecule has 0 aliphatic carbocycles. The van der Waals surface area contributed by atoms with E-state index in [-0.39, 0.29) is 6.04 Å². The van der Waals surface area contributed by atoms with Crippen LogP contribution in [0.5, 0.6) is 0 Å². The van der Waals surface area contributed by atoms with Crippen LogP contribution in [0, 0.1) is 0 Å². The number of rotatable bonds is 9. The summed E-state index contributed by atoms with van der Waals surface area (Å²) in [6.07, 6.45) is 2.04. The predicted octanol–water partition coefficient (Wildman–Crippen LogP) is 1.30. The van der Waals surface area contributed by atoms with Crippen molar-refractivity contribution in [2.45, 2.75) is 32.7 Å². The van der Waals surface area contributed by atoms with Gasteiger partial charge >= 0.3 is 0 Å². The minimum absolute atomic E-state index is 0.237. The first kappa shape index (κ1) is 15.6. The molecule has 0 spiro atoms. The highest BCUT2D eigenvalue weighted by atomic mass is 32.1. The third-order valence-electron chi connectivity index (χ3n) is 1.89. The van der Waals surface area contributed by atoms with Crippen LogP contribution in [0.4, 0.5) is 0 Å². The summed E-state index contributed by atoms with van der Waals surface area (Å²) in [6.45, 7) is 7.26. The third kappa shape index (κ3) is 10.1. The molecule has 0 amide bonds. The Bertz CT molecular complexity index is 179. The summed E-state index contributed by atoms with van der Waals surface area (Å²) in [7, 11) is 1.68. The minimum Gasteiger partial charge on any atom is -0.383 e. The molecule has 0 rings (SSSR count). The molecule has 0 bridgehead atoms. The van der Waals surface area contributed by atoms with Crippen LogP contribution in [-0.2, 0) is 9.47 Å². The van der Waals surface area contributed by atoms with Crippen molar-refractivity contribution < 1.29 is 9.47 Å². The van der Waals surface area contributed by atoms with E-state index in [1.54, 1.807) is 7.11 Å². The van der Waals surface area contributed by atoms with E-state index in [0.29, 0.717) is 11.7 Å². The van der Waals surface area contributed by atoms with Crippen LogP contribution in [-0.4, -0.2) is 44.6 Å². The topological polar surface area (TPSA) is 42.5 Å². The molecule has 0 saturated heterocycles. The second-order valence-corrected chi connectivity index (χ2v) is 4.13. The predicted molar refractivity (Wildman–Crippen MR) is 70.8 cm³/mol. The molecule has 16 heavy (non-hydrogen) atoms. The molecule has 0 aromatic rings. The number of nitrogens with one attached hydrogen (secondary N) is 2. The lowest BCUT2D eigenvalue weighted by Gasteiger charge is -2.16. The Kier molecular flexibility index (Phi) is 10.8. The Hall–Kier alpha value is -0.390. The standard InChI is InChI=1S/C11H24N2O2S/c1-4-7-15-8-5-6-12-11(16)13-10(2)9-14-3/h10H,4-9H2,1-3H3,(H2,12,13,16). The van der Waals surface area contributed by atoms with Gasteiger partial charge in [0.1, 0.15) is 0 Å². The zero-order chi connectivity index (χ0) is 12.2. The van der Waals surface area contributed by atoms with E-state index in [0.717, 1.165) is 32.6 Å². The summed E-state index contributed by atoms with van der Waals surface area (Å²) < 4.78 is 10.4. The maximum absolute atomic E-state index is 5.36. The molecular weight excluding hydrogens is 224 g/mol. The summed E-state index contributed by atoms with van der Waals surface area (Å²) in [5, 5.41) is 6.95. The van der Waals surface area contributed by atoms with Gasteiger partial charge in [-0.2, -0.15) is 0 Å². The molecule has 1 atom stereocenters. The molecule has 4 nitrogen and oxygen atoms in total. The monoisotopic (exact) mass is 248 g/mol. The van der Waals surface area contributed by atoms with Crippen molar-refractivity contribution in [3.8, 4) is 0 Å². The van der Waals surface area contributed by atoms with Gasteiger partial charge in [-0.25, -0.2) is 0 Å². The first-order valence-corrected chi connectivity index (χ1v) is 6.22. The van der Waals surface area contributed by atoms with Gasteiger partial charge in [0.25, 0.3) is 0 Å². The number of methoxy groups -OCH3 is 1. The van der Waals surface area contributed by atoms with Crippen LogP contribution in [0.15, 0.2) is 0 Å². The summed E-state index contributed by atoms with van der Waals surface area (Å²) in [4.78, 5) is 0. The van der Waals surface area contributed by atoms with Crippen LogP contribution in [0.2, 0.25) is 0 Å². The molecule has 1 unspecified atom stereocenters. The molecule has 0 aromatic carbocycles. The third-order valence-corrected chi connectivity index (χ3v) is 2.16. The molecule has 0 fully saturated rings. The van der Waals surface area contributed by atoms with Crippen molar-refractivity contribution in [1.29, 1.82) is 0 Å². The fourth-order valence-electron chi connectivity index (χ4n) is 1.19. The Labute approximate surface area is 104 Å². The lowest BCUT2D eigenvalue weighted by molar-refractivity contribution is 0.133. The quantitative estimate of drug-likeness (QED) is 0.475. The van der Waals surface area contributed by atoms with Gasteiger partial charge in [0.15, 0.2) is 5.11 Å². The molecule has 96 valence electrons. The average molecular weight is 248 g/mol. The molecule has 0 heterocycles. The largest absolute Gasteiger partial charge is 0.383 e. The average Bonchev–Trinajstić information content (AvgIpc) is 2.23. The van der Waals surface area contributed by atoms with Crippen molar-refractivity contribution >= 4 is 17.3 Å². The van der Waals surface area contributed by atoms with Gasteiger partial charge in [-0.1, -0.05) is 6.92 Å². The normalized spacial score (nSPS) is 12.2. The summed E-state index contributed by atoms with van der Waals surface area (Å²) >= 11 is 5.13. The Morgan fingerprint density at radius 3 is 2.75 bits per heavy atom. The van der Waals surface area contributed by atoms with Gasteiger partial charge in [0.2, 0.25) is 0 Å². The molecule has 0 aliphatic heterocycles. The Morgan fingerprint density at radius 2 is 2.12 bits per heavy atom. The molecule has 5 heteroatoms. The molecule has 2 N–H and O–H groups in total. The van der Waals surface area contributed by atoms with E-state index in [1.165, 1.54) is 0 Å². The van der Waals surface area contributed by atoms with E-state index in [9.17, 15) is 0 Å². The fraction of sp³-hybridized carbons (Fsp3) is 0.909. The SMILES string of the molecule is CCCOCCCNC(=S)NC(C)COC. The van der Waals surface area contributed by atoms with Crippen molar-refractivity contribution in [3.63, 3.8) is 0 Å². The van der Waals surface area contributed by atoms with E-state index in [1.807, 2.05) is 6.92 Å². The van der Waals surface area contributed by atoms with Crippen LogP contribution in [0.25, 0.3) is 0 Å². The fourth-order valence-corrected chi connectivity index (χ4v) is 1.49. The number of thiocarbonyl (C=S) groups is 1. The highest BCUT2D eigenvalue weighted by Gasteiger charge is 2.02. The van der Waals surface area contributed by atoms with Gasteiger partial charge in [-0.15, -0.1) is 0 Å². The molecule has 0 radical (unpaired) electrons. The molecular formula is C11H24N2O2S. The molecule has 0 aromatic heterocycles. The second kappa shape index (κ2) is 11.1.